The molecule has 0 bridgehead atoms. The van der Waals surface area contributed by atoms with Crippen LogP contribution in [0.4, 0.5) is 0 Å². The van der Waals surface area contributed by atoms with Gasteiger partial charge < -0.3 is 10.2 Å². The third-order valence-electron chi connectivity index (χ3n) is 4.30. The van der Waals surface area contributed by atoms with E-state index in [2.05, 4.69) is 54.5 Å². The van der Waals surface area contributed by atoms with Crippen LogP contribution in [0.25, 0.3) is 0 Å². The molecule has 1 aliphatic rings. The summed E-state index contributed by atoms with van der Waals surface area (Å²) in [5, 5.41) is 3.65. The van der Waals surface area contributed by atoms with Crippen molar-refractivity contribution in [2.45, 2.75) is 38.6 Å². The van der Waals surface area contributed by atoms with Crippen LogP contribution in [0, 0.1) is 5.92 Å². The Labute approximate surface area is 118 Å². The van der Waals surface area contributed by atoms with Crippen LogP contribution < -0.4 is 5.32 Å². The van der Waals surface area contributed by atoms with E-state index in [9.17, 15) is 0 Å². The second-order valence-corrected chi connectivity index (χ2v) is 5.85. The van der Waals surface area contributed by atoms with E-state index in [1.165, 1.54) is 37.9 Å². The van der Waals surface area contributed by atoms with Crippen LogP contribution in [-0.2, 0) is 6.42 Å². The zero-order chi connectivity index (χ0) is 13.5. The molecule has 0 radical (unpaired) electrons. The van der Waals surface area contributed by atoms with Gasteiger partial charge in [-0.15, -0.1) is 0 Å². The molecule has 0 spiro atoms. The Kier molecular flexibility index (Phi) is 5.87. The summed E-state index contributed by atoms with van der Waals surface area (Å²) in [6, 6.07) is 11.6. The SMILES string of the molecule is CCNC1CCCC1CN(C)CCc1ccccc1. The van der Waals surface area contributed by atoms with Gasteiger partial charge in [0.1, 0.15) is 0 Å². The molecule has 1 N–H and O–H groups in total. The van der Waals surface area contributed by atoms with E-state index in [1.807, 2.05) is 0 Å². The van der Waals surface area contributed by atoms with Crippen LogP contribution in [0.3, 0.4) is 0 Å². The van der Waals surface area contributed by atoms with Gasteiger partial charge in [-0.3, -0.25) is 0 Å². The van der Waals surface area contributed by atoms with Gasteiger partial charge in [0.05, 0.1) is 0 Å². The maximum Gasteiger partial charge on any atom is 0.0107 e. The van der Waals surface area contributed by atoms with E-state index in [-0.39, 0.29) is 0 Å². The highest BCUT2D eigenvalue weighted by Gasteiger charge is 2.26. The average Bonchev–Trinajstić information content (AvgIpc) is 2.85. The van der Waals surface area contributed by atoms with Gasteiger partial charge in [-0.25, -0.2) is 0 Å². The minimum absolute atomic E-state index is 0.754. The zero-order valence-electron chi connectivity index (χ0n) is 12.4. The lowest BCUT2D eigenvalue weighted by atomic mass is 10.0. The fourth-order valence-electron chi connectivity index (χ4n) is 3.24. The molecule has 2 atom stereocenters. The quantitative estimate of drug-likeness (QED) is 0.811. The Balaban J connectivity index is 1.73. The minimum atomic E-state index is 0.754. The van der Waals surface area contributed by atoms with Crippen molar-refractivity contribution in [2.24, 2.45) is 5.92 Å². The lowest BCUT2D eigenvalue weighted by Gasteiger charge is -2.26. The maximum absolute atomic E-state index is 3.65. The number of hydrogen-bond acceptors (Lipinski definition) is 2. The Bertz CT molecular complexity index is 350. The second-order valence-electron chi connectivity index (χ2n) is 5.85. The fraction of sp³-hybridized carbons (Fsp3) is 0.647. The first-order valence-corrected chi connectivity index (χ1v) is 7.75. The lowest BCUT2D eigenvalue weighted by molar-refractivity contribution is 0.254. The highest BCUT2D eigenvalue weighted by atomic mass is 15.1. The molecule has 2 rings (SSSR count). The van der Waals surface area contributed by atoms with Gasteiger partial charge in [0.15, 0.2) is 0 Å². The third-order valence-corrected chi connectivity index (χ3v) is 4.30. The normalized spacial score (nSPS) is 23.1. The molecular formula is C17H28N2. The average molecular weight is 260 g/mol. The van der Waals surface area contributed by atoms with Crippen molar-refractivity contribution >= 4 is 0 Å². The molecule has 106 valence electrons. The molecule has 1 aliphatic carbocycles. The molecule has 1 fully saturated rings. The van der Waals surface area contributed by atoms with Crippen molar-refractivity contribution in [3.63, 3.8) is 0 Å². The summed E-state index contributed by atoms with van der Waals surface area (Å²) in [6.45, 7) is 5.73. The second kappa shape index (κ2) is 7.66. The van der Waals surface area contributed by atoms with E-state index >= 15 is 0 Å². The van der Waals surface area contributed by atoms with Gasteiger partial charge in [0.25, 0.3) is 0 Å². The summed E-state index contributed by atoms with van der Waals surface area (Å²) in [4.78, 5) is 2.51. The molecule has 1 saturated carbocycles. The van der Waals surface area contributed by atoms with E-state index in [0.717, 1.165) is 24.9 Å². The predicted octanol–water partition coefficient (Wildman–Crippen LogP) is 2.94. The highest BCUT2D eigenvalue weighted by molar-refractivity contribution is 5.14. The fourth-order valence-corrected chi connectivity index (χ4v) is 3.24. The first kappa shape index (κ1) is 14.5. The number of nitrogens with zero attached hydrogens (tertiary/aromatic N) is 1. The zero-order valence-corrected chi connectivity index (χ0v) is 12.4. The Morgan fingerprint density at radius 1 is 1.21 bits per heavy atom. The summed E-state index contributed by atoms with van der Waals surface area (Å²) in [6.07, 6.45) is 5.32. The molecule has 1 aromatic carbocycles. The summed E-state index contributed by atoms with van der Waals surface area (Å²) in [5.41, 5.74) is 1.45. The van der Waals surface area contributed by atoms with Crippen LogP contribution >= 0.6 is 0 Å². The maximum atomic E-state index is 3.65. The van der Waals surface area contributed by atoms with Gasteiger partial charge in [0, 0.05) is 19.1 Å². The Hall–Kier alpha value is -0.860. The van der Waals surface area contributed by atoms with Gasteiger partial charge in [-0.05, 0) is 44.3 Å². The number of hydrogen-bond donors (Lipinski definition) is 1. The number of nitrogens with one attached hydrogen (secondary N) is 1. The van der Waals surface area contributed by atoms with Crippen molar-refractivity contribution in [1.82, 2.24) is 10.2 Å². The van der Waals surface area contributed by atoms with Crippen LogP contribution in [-0.4, -0.2) is 37.6 Å². The lowest BCUT2D eigenvalue weighted by Crippen LogP contribution is -2.38. The van der Waals surface area contributed by atoms with Crippen LogP contribution in [0.5, 0.6) is 0 Å². The monoisotopic (exact) mass is 260 g/mol. The topological polar surface area (TPSA) is 15.3 Å². The molecule has 19 heavy (non-hydrogen) atoms. The first-order chi connectivity index (χ1) is 9.29. The van der Waals surface area contributed by atoms with E-state index in [4.69, 9.17) is 0 Å². The van der Waals surface area contributed by atoms with E-state index in [0.29, 0.717) is 0 Å². The third kappa shape index (κ3) is 4.63. The van der Waals surface area contributed by atoms with Crippen molar-refractivity contribution in [2.75, 3.05) is 26.7 Å². The van der Waals surface area contributed by atoms with Crippen LogP contribution in [0.15, 0.2) is 30.3 Å². The van der Waals surface area contributed by atoms with Gasteiger partial charge in [-0.1, -0.05) is 43.7 Å². The molecule has 0 heterocycles. The molecule has 1 aromatic rings. The van der Waals surface area contributed by atoms with Crippen molar-refractivity contribution in [1.29, 1.82) is 0 Å². The molecule has 2 heteroatoms. The number of likely N-dealkylation sites (N-methyl/N-ethyl adjacent to an activating group) is 1. The van der Waals surface area contributed by atoms with Crippen molar-refractivity contribution < 1.29 is 0 Å². The van der Waals surface area contributed by atoms with E-state index < -0.39 is 0 Å². The summed E-state index contributed by atoms with van der Waals surface area (Å²) >= 11 is 0. The molecule has 2 unspecified atom stereocenters. The van der Waals surface area contributed by atoms with Gasteiger partial charge >= 0.3 is 0 Å². The summed E-state index contributed by atoms with van der Waals surface area (Å²) in [5.74, 6) is 0.848. The molecule has 2 nitrogen and oxygen atoms in total. The largest absolute Gasteiger partial charge is 0.314 e. The van der Waals surface area contributed by atoms with Crippen molar-refractivity contribution in [3.8, 4) is 0 Å². The standard InChI is InChI=1S/C17H28N2/c1-3-18-17-11-7-10-16(17)14-19(2)13-12-15-8-5-4-6-9-15/h4-6,8-9,16-18H,3,7,10-14H2,1-2H3. The molecule has 0 saturated heterocycles. The van der Waals surface area contributed by atoms with Crippen molar-refractivity contribution in [3.05, 3.63) is 35.9 Å². The molecule has 0 amide bonds. The molecular weight excluding hydrogens is 232 g/mol. The van der Waals surface area contributed by atoms with Crippen LogP contribution in [0.1, 0.15) is 31.7 Å². The van der Waals surface area contributed by atoms with E-state index in [1.54, 1.807) is 0 Å². The smallest absolute Gasteiger partial charge is 0.0107 e. The van der Waals surface area contributed by atoms with Gasteiger partial charge in [-0.2, -0.15) is 0 Å². The van der Waals surface area contributed by atoms with Gasteiger partial charge in [0.2, 0.25) is 0 Å². The predicted molar refractivity (Wildman–Crippen MR) is 82.4 cm³/mol. The summed E-state index contributed by atoms with van der Waals surface area (Å²) < 4.78 is 0. The number of benzene rings is 1. The summed E-state index contributed by atoms with van der Waals surface area (Å²) in [7, 11) is 2.27. The Morgan fingerprint density at radius 2 is 2.00 bits per heavy atom. The molecule has 0 aromatic heterocycles. The minimum Gasteiger partial charge on any atom is -0.314 e. The molecule has 0 aliphatic heterocycles. The van der Waals surface area contributed by atoms with Crippen LogP contribution in [0.2, 0.25) is 0 Å². The first-order valence-electron chi connectivity index (χ1n) is 7.75. The highest BCUT2D eigenvalue weighted by Crippen LogP contribution is 2.26. The Morgan fingerprint density at radius 3 is 2.74 bits per heavy atom. The number of rotatable bonds is 7.